The van der Waals surface area contributed by atoms with E-state index < -0.39 is 11.9 Å². The number of fused-ring (bicyclic) bond motifs is 1. The van der Waals surface area contributed by atoms with Gasteiger partial charge < -0.3 is 14.5 Å². The van der Waals surface area contributed by atoms with Crippen LogP contribution in [0.4, 0.5) is 0 Å². The van der Waals surface area contributed by atoms with Gasteiger partial charge in [-0.3, -0.25) is 4.79 Å². The fourth-order valence-corrected chi connectivity index (χ4v) is 3.15. The van der Waals surface area contributed by atoms with E-state index in [1.54, 1.807) is 41.0 Å². The number of ketones is 1. The van der Waals surface area contributed by atoms with Crippen LogP contribution in [-0.4, -0.2) is 16.3 Å². The number of carbonyl (C=O) groups excluding carboxylic acids is 2. The Bertz CT molecular complexity index is 780. The molecule has 1 aliphatic heterocycles. The fraction of sp³-hybridized carbons (Fsp3) is 0.176. The molecule has 0 N–H and O–H groups in total. The van der Waals surface area contributed by atoms with Crippen LogP contribution in [0.15, 0.2) is 36.9 Å². The van der Waals surface area contributed by atoms with Gasteiger partial charge in [0.25, 0.3) is 0 Å². The van der Waals surface area contributed by atoms with Crippen molar-refractivity contribution in [3.05, 3.63) is 64.4 Å². The number of hydrogen-bond donors (Lipinski definition) is 0. The molecule has 3 rings (SSSR count). The molecular formula is C17H13ClKNO3. The van der Waals surface area contributed by atoms with Crippen molar-refractivity contribution in [2.24, 2.45) is 0 Å². The summed E-state index contributed by atoms with van der Waals surface area (Å²) >= 11 is 6.17. The molecule has 23 heavy (non-hydrogen) atoms. The Morgan fingerprint density at radius 3 is 2.52 bits per heavy atom. The molecule has 112 valence electrons. The number of aliphatic carboxylic acids is 1. The standard InChI is InChI=1S/C17H14ClNO3.K/c1-2-10-3-5-11(6-4-10)16(20)15-13(18)9-14-12(17(21)22)7-8-19(14)15;/h2-6,9,12H,1,7-8H2,(H,21,22);/q;+1/p-1. The van der Waals surface area contributed by atoms with Crippen molar-refractivity contribution >= 4 is 29.4 Å². The predicted octanol–water partition coefficient (Wildman–Crippen LogP) is -0.743. The van der Waals surface area contributed by atoms with E-state index in [9.17, 15) is 14.7 Å². The SMILES string of the molecule is C=Cc1ccc(C(=O)c2c(Cl)cc3n2CCC3C(=O)[O-])cc1.[K+]. The van der Waals surface area contributed by atoms with Gasteiger partial charge in [0, 0.05) is 23.7 Å². The molecule has 1 aromatic carbocycles. The second-order valence-corrected chi connectivity index (χ2v) is 5.64. The second-order valence-electron chi connectivity index (χ2n) is 5.23. The molecule has 0 aliphatic carbocycles. The Balaban J connectivity index is 0.00000192. The molecule has 1 aromatic heterocycles. The second kappa shape index (κ2) is 7.46. The third-order valence-corrected chi connectivity index (χ3v) is 4.28. The first kappa shape index (κ1) is 18.6. The molecule has 0 saturated carbocycles. The first-order valence-electron chi connectivity index (χ1n) is 6.90. The van der Waals surface area contributed by atoms with E-state index in [0.717, 1.165) is 5.56 Å². The molecule has 0 radical (unpaired) electrons. The number of nitrogens with zero attached hydrogens (tertiary/aromatic N) is 1. The molecule has 2 heterocycles. The smallest absolute Gasteiger partial charge is 0.549 e. The first-order chi connectivity index (χ1) is 10.5. The van der Waals surface area contributed by atoms with Gasteiger partial charge in [0.15, 0.2) is 0 Å². The van der Waals surface area contributed by atoms with Crippen LogP contribution in [0, 0.1) is 0 Å². The molecule has 6 heteroatoms. The van der Waals surface area contributed by atoms with Gasteiger partial charge in [0.05, 0.1) is 11.0 Å². The summed E-state index contributed by atoms with van der Waals surface area (Å²) < 4.78 is 1.69. The van der Waals surface area contributed by atoms with Crippen molar-refractivity contribution in [3.63, 3.8) is 0 Å². The Morgan fingerprint density at radius 1 is 1.30 bits per heavy atom. The van der Waals surface area contributed by atoms with Crippen molar-refractivity contribution in [1.82, 2.24) is 4.57 Å². The maximum Gasteiger partial charge on any atom is 1.00 e. The van der Waals surface area contributed by atoms with E-state index in [1.165, 1.54) is 0 Å². The zero-order valence-corrected chi connectivity index (χ0v) is 16.6. The van der Waals surface area contributed by atoms with Crippen LogP contribution < -0.4 is 56.5 Å². The molecule has 0 spiro atoms. The zero-order chi connectivity index (χ0) is 15.9. The number of rotatable bonds is 4. The maximum absolute atomic E-state index is 12.7. The minimum absolute atomic E-state index is 0. The number of benzene rings is 1. The van der Waals surface area contributed by atoms with E-state index in [2.05, 4.69) is 6.58 Å². The molecule has 1 aliphatic rings. The first-order valence-corrected chi connectivity index (χ1v) is 7.27. The van der Waals surface area contributed by atoms with Gasteiger partial charge in [-0.15, -0.1) is 0 Å². The van der Waals surface area contributed by atoms with Crippen molar-refractivity contribution in [3.8, 4) is 0 Å². The van der Waals surface area contributed by atoms with Crippen molar-refractivity contribution in [1.29, 1.82) is 0 Å². The van der Waals surface area contributed by atoms with Crippen LogP contribution in [0.2, 0.25) is 5.02 Å². The Morgan fingerprint density at radius 2 is 1.96 bits per heavy atom. The molecule has 2 aromatic rings. The number of halogens is 1. The molecular weight excluding hydrogens is 341 g/mol. The summed E-state index contributed by atoms with van der Waals surface area (Å²) in [5, 5.41) is 11.4. The third kappa shape index (κ3) is 3.40. The quantitative estimate of drug-likeness (QED) is 0.537. The van der Waals surface area contributed by atoms with Gasteiger partial charge in [-0.1, -0.05) is 48.5 Å². The summed E-state index contributed by atoms with van der Waals surface area (Å²) in [6.07, 6.45) is 2.12. The van der Waals surface area contributed by atoms with E-state index in [1.807, 2.05) is 0 Å². The number of carbonyl (C=O) groups is 2. The van der Waals surface area contributed by atoms with Crippen LogP contribution in [0.5, 0.6) is 0 Å². The van der Waals surface area contributed by atoms with Crippen molar-refractivity contribution in [2.75, 3.05) is 0 Å². The Hall–Kier alpha value is -0.694. The number of aromatic nitrogens is 1. The van der Waals surface area contributed by atoms with E-state index in [-0.39, 0.29) is 62.2 Å². The Kier molecular flexibility index (Phi) is 6.05. The largest absolute Gasteiger partial charge is 1.00 e. The molecule has 1 unspecified atom stereocenters. The van der Waals surface area contributed by atoms with Gasteiger partial charge in [-0.05, 0) is 18.1 Å². The Labute approximate surface area is 181 Å². The van der Waals surface area contributed by atoms with E-state index in [0.29, 0.717) is 29.9 Å². The van der Waals surface area contributed by atoms with Crippen LogP contribution in [0.25, 0.3) is 6.08 Å². The fourth-order valence-electron chi connectivity index (χ4n) is 2.85. The average molecular weight is 354 g/mol. The van der Waals surface area contributed by atoms with Crippen LogP contribution in [-0.2, 0) is 11.3 Å². The van der Waals surface area contributed by atoms with Crippen molar-refractivity contribution in [2.45, 2.75) is 18.9 Å². The average Bonchev–Trinajstić information content (AvgIpc) is 3.04. The van der Waals surface area contributed by atoms with Gasteiger partial charge >= 0.3 is 51.4 Å². The minimum Gasteiger partial charge on any atom is -0.549 e. The molecule has 0 bridgehead atoms. The maximum atomic E-state index is 12.7. The van der Waals surface area contributed by atoms with Gasteiger partial charge in [0.2, 0.25) is 5.78 Å². The van der Waals surface area contributed by atoms with Crippen LogP contribution in [0.3, 0.4) is 0 Å². The number of hydrogen-bond acceptors (Lipinski definition) is 3. The van der Waals surface area contributed by atoms with Crippen molar-refractivity contribution < 1.29 is 66.1 Å². The zero-order valence-electron chi connectivity index (χ0n) is 12.7. The van der Waals surface area contributed by atoms with Crippen LogP contribution in [0.1, 0.15) is 39.6 Å². The van der Waals surface area contributed by atoms with Gasteiger partial charge in [-0.25, -0.2) is 0 Å². The summed E-state index contributed by atoms with van der Waals surface area (Å²) in [5.41, 5.74) is 2.30. The summed E-state index contributed by atoms with van der Waals surface area (Å²) in [4.78, 5) is 23.8. The summed E-state index contributed by atoms with van der Waals surface area (Å²) in [5.74, 6) is -2.06. The molecule has 1 atom stereocenters. The van der Waals surface area contributed by atoms with Gasteiger partial charge in [-0.2, -0.15) is 0 Å². The van der Waals surface area contributed by atoms with E-state index >= 15 is 0 Å². The normalized spacial score (nSPS) is 15.6. The summed E-state index contributed by atoms with van der Waals surface area (Å²) in [7, 11) is 0. The number of carboxylic acid groups (broad SMARTS) is 1. The predicted molar refractivity (Wildman–Crippen MR) is 81.8 cm³/mol. The topological polar surface area (TPSA) is 62.1 Å². The number of carboxylic acids is 1. The van der Waals surface area contributed by atoms with E-state index in [4.69, 9.17) is 11.6 Å². The summed E-state index contributed by atoms with van der Waals surface area (Å²) in [6.45, 7) is 4.12. The summed E-state index contributed by atoms with van der Waals surface area (Å²) in [6, 6.07) is 8.57. The molecule has 0 amide bonds. The molecule has 4 nitrogen and oxygen atoms in total. The molecule has 0 fully saturated rings. The third-order valence-electron chi connectivity index (χ3n) is 3.99. The van der Waals surface area contributed by atoms with Crippen LogP contribution >= 0.6 is 11.6 Å². The molecule has 0 saturated heterocycles. The van der Waals surface area contributed by atoms with Gasteiger partial charge in [0.1, 0.15) is 5.69 Å². The minimum atomic E-state index is -1.14. The monoisotopic (exact) mass is 353 g/mol.